The van der Waals surface area contributed by atoms with Gasteiger partial charge >= 0.3 is 0 Å². The Morgan fingerprint density at radius 3 is 2.38 bits per heavy atom. The molecule has 6 heteroatoms. The maximum Gasteiger partial charge on any atom is 0.262 e. The molecular formula is C20H20N2O4. The van der Waals surface area contributed by atoms with Gasteiger partial charge in [0.2, 0.25) is 0 Å². The van der Waals surface area contributed by atoms with Gasteiger partial charge in [0.25, 0.3) is 11.8 Å². The van der Waals surface area contributed by atoms with Crippen LogP contribution in [0.15, 0.2) is 36.4 Å². The zero-order chi connectivity index (χ0) is 18.3. The summed E-state index contributed by atoms with van der Waals surface area (Å²) in [6, 6.07) is 9.42. The van der Waals surface area contributed by atoms with Gasteiger partial charge in [-0.15, -0.1) is 0 Å². The molecule has 134 valence electrons. The SMILES string of the molecule is O=C(c1ccc2c(c1)CCCN2C(=O)c1ccc(O)cc1O)N1CCC1. The van der Waals surface area contributed by atoms with Crippen molar-refractivity contribution in [2.75, 3.05) is 24.5 Å². The normalized spacial score (nSPS) is 16.0. The number of likely N-dealkylation sites (tertiary alicyclic amines) is 1. The molecule has 2 aromatic rings. The molecule has 0 aliphatic carbocycles. The third-order valence-electron chi connectivity index (χ3n) is 5.05. The van der Waals surface area contributed by atoms with Gasteiger partial charge in [-0.05, 0) is 55.2 Å². The van der Waals surface area contributed by atoms with E-state index in [4.69, 9.17) is 0 Å². The fourth-order valence-corrected chi connectivity index (χ4v) is 3.49. The number of aryl methyl sites for hydroxylation is 1. The van der Waals surface area contributed by atoms with E-state index in [1.165, 1.54) is 12.1 Å². The number of rotatable bonds is 2. The summed E-state index contributed by atoms with van der Waals surface area (Å²) in [5, 5.41) is 19.4. The Labute approximate surface area is 151 Å². The highest BCUT2D eigenvalue weighted by Gasteiger charge is 2.27. The van der Waals surface area contributed by atoms with E-state index in [0.29, 0.717) is 12.1 Å². The van der Waals surface area contributed by atoms with E-state index >= 15 is 0 Å². The second kappa shape index (κ2) is 6.37. The Bertz CT molecular complexity index is 889. The number of carbonyl (C=O) groups is 2. The molecule has 0 saturated carbocycles. The van der Waals surface area contributed by atoms with Gasteiger partial charge in [-0.2, -0.15) is 0 Å². The molecule has 2 aliphatic heterocycles. The van der Waals surface area contributed by atoms with Gasteiger partial charge in [0, 0.05) is 37.0 Å². The van der Waals surface area contributed by atoms with Crippen molar-refractivity contribution in [2.24, 2.45) is 0 Å². The number of phenolic OH excluding ortho intramolecular Hbond substituents is 2. The number of benzene rings is 2. The third kappa shape index (κ3) is 2.77. The highest BCUT2D eigenvalue weighted by Crippen LogP contribution is 2.32. The Hall–Kier alpha value is -3.02. The van der Waals surface area contributed by atoms with Crippen LogP contribution in [-0.2, 0) is 6.42 Å². The summed E-state index contributed by atoms with van der Waals surface area (Å²) in [4.78, 5) is 28.8. The van der Waals surface area contributed by atoms with Gasteiger partial charge in [0.05, 0.1) is 5.56 Å². The number of amides is 2. The molecule has 0 atom stereocenters. The lowest BCUT2D eigenvalue weighted by atomic mass is 9.97. The van der Waals surface area contributed by atoms with Crippen molar-refractivity contribution in [3.05, 3.63) is 53.1 Å². The van der Waals surface area contributed by atoms with E-state index < -0.39 is 0 Å². The number of nitrogens with zero attached hydrogens (tertiary/aromatic N) is 2. The third-order valence-corrected chi connectivity index (χ3v) is 5.05. The number of hydrogen-bond donors (Lipinski definition) is 2. The van der Waals surface area contributed by atoms with Gasteiger partial charge in [-0.3, -0.25) is 9.59 Å². The zero-order valence-electron chi connectivity index (χ0n) is 14.3. The maximum absolute atomic E-state index is 12.9. The second-order valence-electron chi connectivity index (χ2n) is 6.75. The number of anilines is 1. The highest BCUT2D eigenvalue weighted by molar-refractivity contribution is 6.08. The fraction of sp³-hybridized carbons (Fsp3) is 0.300. The largest absolute Gasteiger partial charge is 0.508 e. The van der Waals surface area contributed by atoms with Crippen molar-refractivity contribution in [3.8, 4) is 11.5 Å². The minimum Gasteiger partial charge on any atom is -0.508 e. The summed E-state index contributed by atoms with van der Waals surface area (Å²) >= 11 is 0. The first-order valence-corrected chi connectivity index (χ1v) is 8.80. The molecular weight excluding hydrogens is 332 g/mol. The van der Waals surface area contributed by atoms with Crippen LogP contribution < -0.4 is 4.90 Å². The lowest BCUT2D eigenvalue weighted by Crippen LogP contribution is -2.42. The smallest absolute Gasteiger partial charge is 0.262 e. The molecule has 1 fully saturated rings. The molecule has 1 saturated heterocycles. The van der Waals surface area contributed by atoms with Crippen molar-refractivity contribution in [1.29, 1.82) is 0 Å². The molecule has 6 nitrogen and oxygen atoms in total. The van der Waals surface area contributed by atoms with Crippen LogP contribution in [0.3, 0.4) is 0 Å². The first-order chi connectivity index (χ1) is 12.5. The summed E-state index contributed by atoms with van der Waals surface area (Å²) in [5.41, 5.74) is 2.55. The van der Waals surface area contributed by atoms with Crippen molar-refractivity contribution < 1.29 is 19.8 Å². The van der Waals surface area contributed by atoms with E-state index in [9.17, 15) is 19.8 Å². The van der Waals surface area contributed by atoms with E-state index in [1.54, 1.807) is 11.0 Å². The number of fused-ring (bicyclic) bond motifs is 1. The number of phenols is 2. The lowest BCUT2D eigenvalue weighted by molar-refractivity contribution is 0.0651. The van der Waals surface area contributed by atoms with Crippen molar-refractivity contribution >= 4 is 17.5 Å². The summed E-state index contributed by atoms with van der Waals surface area (Å²) in [6.07, 6.45) is 2.65. The Kier molecular flexibility index (Phi) is 4.03. The summed E-state index contributed by atoms with van der Waals surface area (Å²) in [5.74, 6) is -0.608. The van der Waals surface area contributed by atoms with Crippen LogP contribution in [0.2, 0.25) is 0 Å². The van der Waals surface area contributed by atoms with Crippen LogP contribution in [0.4, 0.5) is 5.69 Å². The maximum atomic E-state index is 12.9. The molecule has 0 spiro atoms. The molecule has 2 amide bonds. The molecule has 2 aromatic carbocycles. The minimum atomic E-state index is -0.315. The van der Waals surface area contributed by atoms with Gasteiger partial charge in [-0.1, -0.05) is 0 Å². The Morgan fingerprint density at radius 1 is 0.885 bits per heavy atom. The van der Waals surface area contributed by atoms with E-state index in [0.717, 1.165) is 49.7 Å². The van der Waals surface area contributed by atoms with Crippen LogP contribution in [0, 0.1) is 0 Å². The quantitative estimate of drug-likeness (QED) is 0.870. The molecule has 2 aliphatic rings. The summed E-state index contributed by atoms with van der Waals surface area (Å²) in [7, 11) is 0. The summed E-state index contributed by atoms with van der Waals surface area (Å²) in [6.45, 7) is 2.16. The van der Waals surface area contributed by atoms with Crippen LogP contribution in [-0.4, -0.2) is 46.6 Å². The molecule has 0 bridgehead atoms. The number of hydrogen-bond acceptors (Lipinski definition) is 4. The molecule has 4 rings (SSSR count). The Morgan fingerprint density at radius 2 is 1.69 bits per heavy atom. The van der Waals surface area contributed by atoms with Gasteiger partial charge in [0.15, 0.2) is 0 Å². The first kappa shape index (κ1) is 16.4. The average Bonchev–Trinajstić information content (AvgIpc) is 2.58. The van der Waals surface area contributed by atoms with Gasteiger partial charge in [-0.25, -0.2) is 0 Å². The standard InChI is InChI=1S/C20H20N2O4/c23-15-5-6-16(18(24)12-15)20(26)22-10-1-3-13-11-14(4-7-17(13)22)19(25)21-8-2-9-21/h4-7,11-12,23-24H,1-3,8-10H2. The van der Waals surface area contributed by atoms with Gasteiger partial charge < -0.3 is 20.0 Å². The molecule has 26 heavy (non-hydrogen) atoms. The van der Waals surface area contributed by atoms with Crippen molar-refractivity contribution in [2.45, 2.75) is 19.3 Å². The first-order valence-electron chi connectivity index (χ1n) is 8.80. The fourth-order valence-electron chi connectivity index (χ4n) is 3.49. The lowest BCUT2D eigenvalue weighted by Gasteiger charge is -2.32. The van der Waals surface area contributed by atoms with Crippen LogP contribution in [0.1, 0.15) is 39.1 Å². The number of carbonyl (C=O) groups excluding carboxylic acids is 2. The van der Waals surface area contributed by atoms with E-state index in [-0.39, 0.29) is 28.9 Å². The highest BCUT2D eigenvalue weighted by atomic mass is 16.3. The predicted molar refractivity (Wildman–Crippen MR) is 96.7 cm³/mol. The monoisotopic (exact) mass is 352 g/mol. The van der Waals surface area contributed by atoms with Gasteiger partial charge in [0.1, 0.15) is 11.5 Å². The van der Waals surface area contributed by atoms with Crippen LogP contribution in [0.25, 0.3) is 0 Å². The van der Waals surface area contributed by atoms with E-state index in [2.05, 4.69) is 0 Å². The van der Waals surface area contributed by atoms with Crippen LogP contribution >= 0.6 is 0 Å². The van der Waals surface area contributed by atoms with Crippen molar-refractivity contribution in [1.82, 2.24) is 4.90 Å². The number of aromatic hydroxyl groups is 2. The summed E-state index contributed by atoms with van der Waals surface area (Å²) < 4.78 is 0. The molecule has 0 aromatic heterocycles. The van der Waals surface area contributed by atoms with Crippen LogP contribution in [0.5, 0.6) is 11.5 Å². The molecule has 0 unspecified atom stereocenters. The molecule has 0 radical (unpaired) electrons. The molecule has 2 heterocycles. The topological polar surface area (TPSA) is 81.1 Å². The molecule has 2 N–H and O–H groups in total. The second-order valence-corrected chi connectivity index (χ2v) is 6.75. The minimum absolute atomic E-state index is 0.0404. The zero-order valence-corrected chi connectivity index (χ0v) is 14.3. The Balaban J connectivity index is 1.64. The predicted octanol–water partition coefficient (Wildman–Crippen LogP) is 2.54. The van der Waals surface area contributed by atoms with E-state index in [1.807, 2.05) is 17.0 Å². The average molecular weight is 352 g/mol. The van der Waals surface area contributed by atoms with Crippen molar-refractivity contribution in [3.63, 3.8) is 0 Å².